The van der Waals surface area contributed by atoms with Crippen LogP contribution >= 0.6 is 0 Å². The quantitative estimate of drug-likeness (QED) is 0.722. The Labute approximate surface area is 114 Å². The van der Waals surface area contributed by atoms with Crippen molar-refractivity contribution in [1.82, 2.24) is 4.90 Å². The molecule has 0 radical (unpaired) electrons. The first-order chi connectivity index (χ1) is 9.07. The molecular formula is C12H21NO5S. The number of amides is 1. The second kappa shape index (κ2) is 6.67. The van der Waals surface area contributed by atoms with Crippen molar-refractivity contribution in [3.05, 3.63) is 0 Å². The molecule has 2 heterocycles. The van der Waals surface area contributed by atoms with Gasteiger partial charge in [0.05, 0.1) is 19.0 Å². The maximum Gasteiger partial charge on any atom is 0.237 e. The van der Waals surface area contributed by atoms with Crippen molar-refractivity contribution >= 4 is 15.7 Å². The van der Waals surface area contributed by atoms with E-state index >= 15 is 0 Å². The molecule has 0 aliphatic carbocycles. The van der Waals surface area contributed by atoms with Gasteiger partial charge >= 0.3 is 0 Å². The minimum Gasteiger partial charge on any atom is -0.353 e. The Hall–Kier alpha value is -0.660. The first-order valence-electron chi connectivity index (χ1n) is 6.78. The van der Waals surface area contributed by atoms with E-state index in [1.165, 1.54) is 0 Å². The molecule has 2 saturated heterocycles. The van der Waals surface area contributed by atoms with Gasteiger partial charge in [0, 0.05) is 19.5 Å². The third-order valence-corrected chi connectivity index (χ3v) is 4.91. The van der Waals surface area contributed by atoms with Gasteiger partial charge in [-0.2, -0.15) is 0 Å². The summed E-state index contributed by atoms with van der Waals surface area (Å²) in [5.41, 5.74) is 0. The number of ether oxygens (including phenoxy) is 2. The maximum absolute atomic E-state index is 11.9. The smallest absolute Gasteiger partial charge is 0.237 e. The van der Waals surface area contributed by atoms with Gasteiger partial charge in [-0.25, -0.2) is 8.42 Å². The van der Waals surface area contributed by atoms with Gasteiger partial charge in [0.25, 0.3) is 0 Å². The predicted octanol–water partition coefficient (Wildman–Crippen LogP) is 0.177. The Morgan fingerprint density at radius 2 is 1.74 bits per heavy atom. The van der Waals surface area contributed by atoms with Gasteiger partial charge in [-0.1, -0.05) is 0 Å². The van der Waals surface area contributed by atoms with Crippen LogP contribution in [0.3, 0.4) is 0 Å². The summed E-state index contributed by atoms with van der Waals surface area (Å²) in [7, 11) is -3.37. The van der Waals surface area contributed by atoms with Crippen molar-refractivity contribution in [2.24, 2.45) is 0 Å². The number of sulfone groups is 1. The van der Waals surface area contributed by atoms with Crippen LogP contribution < -0.4 is 0 Å². The van der Waals surface area contributed by atoms with E-state index in [0.29, 0.717) is 32.7 Å². The average Bonchev–Trinajstić information content (AvgIpc) is 2.91. The highest BCUT2D eigenvalue weighted by Crippen LogP contribution is 2.12. The largest absolute Gasteiger partial charge is 0.353 e. The molecule has 7 heteroatoms. The van der Waals surface area contributed by atoms with Crippen LogP contribution in [0.2, 0.25) is 0 Å². The Bertz CT molecular complexity index is 396. The third-order valence-electron chi connectivity index (χ3n) is 3.36. The Morgan fingerprint density at radius 1 is 1.11 bits per heavy atom. The van der Waals surface area contributed by atoms with Crippen molar-refractivity contribution in [2.45, 2.75) is 32.0 Å². The zero-order chi connectivity index (χ0) is 13.7. The summed E-state index contributed by atoms with van der Waals surface area (Å²) in [4.78, 5) is 13.4. The van der Waals surface area contributed by atoms with E-state index in [1.807, 2.05) is 0 Å². The maximum atomic E-state index is 11.9. The molecule has 110 valence electrons. The van der Waals surface area contributed by atoms with Crippen LogP contribution in [0.5, 0.6) is 0 Å². The fraction of sp³-hybridized carbons (Fsp3) is 0.917. The second-order valence-electron chi connectivity index (χ2n) is 4.99. The Morgan fingerprint density at radius 3 is 2.37 bits per heavy atom. The van der Waals surface area contributed by atoms with Crippen molar-refractivity contribution in [3.63, 3.8) is 0 Å². The minimum atomic E-state index is -3.37. The second-order valence-corrected chi connectivity index (χ2v) is 7.18. The molecule has 0 bridgehead atoms. The standard InChI is InChI=1S/C12H21NO5S/c14-11(13-5-1-2-6-13)10-19(15,16)9-4-12-17-7-3-8-18-12/h12H,1-10H2. The van der Waals surface area contributed by atoms with Crippen LogP contribution in [0.25, 0.3) is 0 Å². The molecule has 0 atom stereocenters. The van der Waals surface area contributed by atoms with Crippen LogP contribution in [0.4, 0.5) is 0 Å². The van der Waals surface area contributed by atoms with Crippen LogP contribution in [0.15, 0.2) is 0 Å². The SMILES string of the molecule is O=C(CS(=O)(=O)CCC1OCCCO1)N1CCCC1. The summed E-state index contributed by atoms with van der Waals surface area (Å²) >= 11 is 0. The Balaban J connectivity index is 1.75. The third kappa shape index (κ3) is 4.74. The number of hydrogen-bond acceptors (Lipinski definition) is 5. The average molecular weight is 291 g/mol. The Kier molecular flexibility index (Phi) is 5.18. The topological polar surface area (TPSA) is 72.9 Å². The van der Waals surface area contributed by atoms with E-state index in [-0.39, 0.29) is 17.4 Å². The van der Waals surface area contributed by atoms with Crippen LogP contribution in [-0.4, -0.2) is 63.3 Å². The van der Waals surface area contributed by atoms with E-state index < -0.39 is 16.1 Å². The molecule has 2 aliphatic rings. The lowest BCUT2D eigenvalue weighted by Gasteiger charge is -2.23. The molecule has 1 amide bonds. The summed E-state index contributed by atoms with van der Waals surface area (Å²) in [5, 5.41) is 0. The van der Waals surface area contributed by atoms with Crippen molar-refractivity contribution in [3.8, 4) is 0 Å². The van der Waals surface area contributed by atoms with E-state index in [9.17, 15) is 13.2 Å². The van der Waals surface area contributed by atoms with Gasteiger partial charge in [-0.15, -0.1) is 0 Å². The molecule has 2 rings (SSSR count). The lowest BCUT2D eigenvalue weighted by atomic mass is 10.4. The highest BCUT2D eigenvalue weighted by Gasteiger charge is 2.25. The number of carbonyl (C=O) groups excluding carboxylic acids is 1. The number of hydrogen-bond donors (Lipinski definition) is 0. The highest BCUT2D eigenvalue weighted by atomic mass is 32.2. The molecule has 2 fully saturated rings. The van der Waals surface area contributed by atoms with Gasteiger partial charge in [0.1, 0.15) is 5.75 Å². The summed E-state index contributed by atoms with van der Waals surface area (Å²) < 4.78 is 34.4. The normalized spacial score (nSPS) is 21.8. The molecule has 2 aliphatic heterocycles. The fourth-order valence-electron chi connectivity index (χ4n) is 2.30. The molecule has 6 nitrogen and oxygen atoms in total. The van der Waals surface area contributed by atoms with Gasteiger partial charge in [0.2, 0.25) is 5.91 Å². The van der Waals surface area contributed by atoms with Crippen LogP contribution in [0.1, 0.15) is 25.7 Å². The highest BCUT2D eigenvalue weighted by molar-refractivity contribution is 7.92. The van der Waals surface area contributed by atoms with Crippen molar-refractivity contribution in [2.75, 3.05) is 37.8 Å². The molecule has 0 N–H and O–H groups in total. The molecule has 0 aromatic rings. The first kappa shape index (κ1) is 14.7. The lowest BCUT2D eigenvalue weighted by Crippen LogP contribution is -2.35. The van der Waals surface area contributed by atoms with E-state index in [1.54, 1.807) is 4.90 Å². The molecule has 0 aromatic heterocycles. The van der Waals surface area contributed by atoms with Gasteiger partial charge < -0.3 is 14.4 Å². The van der Waals surface area contributed by atoms with E-state index in [4.69, 9.17) is 9.47 Å². The minimum absolute atomic E-state index is 0.0583. The predicted molar refractivity (Wildman–Crippen MR) is 69.4 cm³/mol. The number of likely N-dealkylation sites (tertiary alicyclic amines) is 1. The van der Waals surface area contributed by atoms with E-state index in [0.717, 1.165) is 19.3 Å². The molecular weight excluding hydrogens is 270 g/mol. The molecule has 0 aromatic carbocycles. The van der Waals surface area contributed by atoms with Crippen LogP contribution in [0, 0.1) is 0 Å². The summed E-state index contributed by atoms with van der Waals surface area (Å²) in [6.07, 6.45) is 2.64. The summed E-state index contributed by atoms with van der Waals surface area (Å²) in [5.74, 6) is -0.722. The van der Waals surface area contributed by atoms with Gasteiger partial charge in [0.15, 0.2) is 16.1 Å². The van der Waals surface area contributed by atoms with Gasteiger partial charge in [-0.05, 0) is 19.3 Å². The first-order valence-corrected chi connectivity index (χ1v) is 8.60. The molecule has 0 unspecified atom stereocenters. The van der Waals surface area contributed by atoms with E-state index in [2.05, 4.69) is 0 Å². The lowest BCUT2D eigenvalue weighted by molar-refractivity contribution is -0.178. The zero-order valence-electron chi connectivity index (χ0n) is 11.0. The number of nitrogens with zero attached hydrogens (tertiary/aromatic N) is 1. The summed E-state index contributed by atoms with van der Waals surface area (Å²) in [6, 6.07) is 0. The number of rotatable bonds is 5. The van der Waals surface area contributed by atoms with Crippen molar-refractivity contribution < 1.29 is 22.7 Å². The monoisotopic (exact) mass is 291 g/mol. The molecule has 19 heavy (non-hydrogen) atoms. The number of carbonyl (C=O) groups is 1. The molecule has 0 saturated carbocycles. The van der Waals surface area contributed by atoms with Crippen LogP contribution in [-0.2, 0) is 24.1 Å². The summed E-state index contributed by atoms with van der Waals surface area (Å²) in [6.45, 7) is 2.58. The van der Waals surface area contributed by atoms with Gasteiger partial charge in [-0.3, -0.25) is 4.79 Å². The van der Waals surface area contributed by atoms with Crippen molar-refractivity contribution in [1.29, 1.82) is 0 Å². The fourth-order valence-corrected chi connectivity index (χ4v) is 3.55. The zero-order valence-corrected chi connectivity index (χ0v) is 11.9. The molecule has 0 spiro atoms.